The molecule has 0 aliphatic rings. The van der Waals surface area contributed by atoms with Crippen LogP contribution in [-0.4, -0.2) is 21.4 Å². The molecule has 150 valence electrons. The molecule has 0 radical (unpaired) electrons. The van der Waals surface area contributed by atoms with E-state index in [1.54, 1.807) is 55.6 Å². The first-order valence-corrected chi connectivity index (χ1v) is 10.2. The maximum Gasteiger partial charge on any atom is 0.262 e. The van der Waals surface area contributed by atoms with E-state index in [1.807, 2.05) is 0 Å². The van der Waals surface area contributed by atoms with Crippen LogP contribution in [0.4, 0.5) is 11.4 Å². The van der Waals surface area contributed by atoms with Crippen LogP contribution in [0.15, 0.2) is 77.7 Å². The van der Waals surface area contributed by atoms with Crippen LogP contribution < -0.4 is 19.5 Å². The molecule has 0 spiro atoms. The Kier molecular flexibility index (Phi) is 6.04. The van der Waals surface area contributed by atoms with Crippen molar-refractivity contribution in [3.8, 4) is 17.2 Å². The number of amides is 1. The molecular weight excluding hydrogens is 392 g/mol. The summed E-state index contributed by atoms with van der Waals surface area (Å²) in [6, 6.07) is 19.6. The largest absolute Gasteiger partial charge is 0.497 e. The monoisotopic (exact) mass is 412 g/mol. The molecule has 7 nitrogen and oxygen atoms in total. The number of hydrogen-bond acceptors (Lipinski definition) is 5. The first kappa shape index (κ1) is 20.2. The fourth-order valence-electron chi connectivity index (χ4n) is 2.54. The van der Waals surface area contributed by atoms with Crippen LogP contribution in [0.1, 0.15) is 6.92 Å². The number of hydrogen-bond donors (Lipinski definition) is 2. The number of benzene rings is 3. The standard InChI is InChI=1S/C21H20N2O5S/c1-15(24)22-16-7-13-19(14-8-16)29(25,26)23-20-5-3-4-6-21(20)28-18-11-9-17(27-2)10-12-18/h3-14,23H,1-2H3,(H,22,24). The Morgan fingerprint density at radius 1 is 0.862 bits per heavy atom. The van der Waals surface area contributed by atoms with Crippen LogP contribution in [0.25, 0.3) is 0 Å². The van der Waals surface area contributed by atoms with E-state index in [1.165, 1.54) is 31.2 Å². The summed E-state index contributed by atoms with van der Waals surface area (Å²) in [5.74, 6) is 1.35. The van der Waals surface area contributed by atoms with Crippen LogP contribution in [0.3, 0.4) is 0 Å². The quantitative estimate of drug-likeness (QED) is 0.605. The van der Waals surface area contributed by atoms with Crippen molar-refractivity contribution in [3.63, 3.8) is 0 Å². The highest BCUT2D eigenvalue weighted by Gasteiger charge is 2.17. The van der Waals surface area contributed by atoms with Gasteiger partial charge >= 0.3 is 0 Å². The van der Waals surface area contributed by atoms with Gasteiger partial charge in [0.05, 0.1) is 17.7 Å². The Balaban J connectivity index is 1.81. The van der Waals surface area contributed by atoms with Crippen molar-refractivity contribution in [1.82, 2.24) is 0 Å². The van der Waals surface area contributed by atoms with E-state index in [9.17, 15) is 13.2 Å². The summed E-state index contributed by atoms with van der Waals surface area (Å²) in [7, 11) is -2.27. The molecule has 0 aromatic heterocycles. The highest BCUT2D eigenvalue weighted by atomic mass is 32.2. The summed E-state index contributed by atoms with van der Waals surface area (Å²) in [5.41, 5.74) is 0.814. The van der Waals surface area contributed by atoms with E-state index in [-0.39, 0.29) is 10.8 Å². The highest BCUT2D eigenvalue weighted by Crippen LogP contribution is 2.31. The molecule has 3 rings (SSSR count). The van der Waals surface area contributed by atoms with E-state index in [4.69, 9.17) is 9.47 Å². The summed E-state index contributed by atoms with van der Waals surface area (Å²) < 4.78 is 39.0. The summed E-state index contributed by atoms with van der Waals surface area (Å²) in [4.78, 5) is 11.2. The molecule has 1 amide bonds. The molecule has 0 aliphatic heterocycles. The number of para-hydroxylation sites is 2. The van der Waals surface area contributed by atoms with Crippen LogP contribution in [0.2, 0.25) is 0 Å². The summed E-state index contributed by atoms with van der Waals surface area (Å²) in [6.07, 6.45) is 0. The SMILES string of the molecule is COc1ccc(Oc2ccccc2NS(=O)(=O)c2ccc(NC(C)=O)cc2)cc1. The van der Waals surface area contributed by atoms with Crippen molar-refractivity contribution in [2.24, 2.45) is 0 Å². The third-order valence-corrected chi connectivity index (χ3v) is 5.29. The molecule has 2 N–H and O–H groups in total. The molecule has 0 aliphatic carbocycles. The molecule has 0 unspecified atom stereocenters. The summed E-state index contributed by atoms with van der Waals surface area (Å²) in [5, 5.41) is 2.59. The lowest BCUT2D eigenvalue weighted by Gasteiger charge is -2.14. The maximum atomic E-state index is 12.8. The van der Waals surface area contributed by atoms with Gasteiger partial charge in [-0.2, -0.15) is 0 Å². The van der Waals surface area contributed by atoms with Gasteiger partial charge in [-0.1, -0.05) is 12.1 Å². The van der Waals surface area contributed by atoms with Gasteiger partial charge in [0.2, 0.25) is 5.91 Å². The van der Waals surface area contributed by atoms with Gasteiger partial charge in [0.1, 0.15) is 11.5 Å². The zero-order valence-electron chi connectivity index (χ0n) is 15.9. The molecule has 3 aromatic carbocycles. The predicted octanol–water partition coefficient (Wildman–Crippen LogP) is 4.25. The number of ether oxygens (including phenoxy) is 2. The second-order valence-corrected chi connectivity index (χ2v) is 7.77. The molecule has 0 heterocycles. The van der Waals surface area contributed by atoms with Gasteiger partial charge in [-0.3, -0.25) is 9.52 Å². The van der Waals surface area contributed by atoms with Crippen molar-refractivity contribution >= 4 is 27.3 Å². The van der Waals surface area contributed by atoms with Crippen LogP contribution in [0.5, 0.6) is 17.2 Å². The van der Waals surface area contributed by atoms with Gasteiger partial charge in [-0.25, -0.2) is 8.42 Å². The molecule has 0 saturated carbocycles. The first-order valence-electron chi connectivity index (χ1n) is 8.69. The third-order valence-electron chi connectivity index (χ3n) is 3.90. The number of methoxy groups -OCH3 is 1. The van der Waals surface area contributed by atoms with Gasteiger partial charge in [0, 0.05) is 12.6 Å². The zero-order chi connectivity index (χ0) is 20.9. The molecule has 0 fully saturated rings. The topological polar surface area (TPSA) is 93.7 Å². The van der Waals surface area contributed by atoms with Gasteiger partial charge < -0.3 is 14.8 Å². The third kappa shape index (κ3) is 5.26. The molecule has 0 saturated heterocycles. The Morgan fingerprint density at radius 3 is 2.10 bits per heavy atom. The summed E-state index contributed by atoms with van der Waals surface area (Å²) in [6.45, 7) is 1.38. The lowest BCUT2D eigenvalue weighted by Crippen LogP contribution is -2.14. The number of nitrogens with one attached hydrogen (secondary N) is 2. The molecule has 0 atom stereocenters. The minimum atomic E-state index is -3.85. The van der Waals surface area contributed by atoms with Gasteiger partial charge in [-0.05, 0) is 60.7 Å². The second-order valence-electron chi connectivity index (χ2n) is 6.08. The van der Waals surface area contributed by atoms with Crippen LogP contribution in [0, 0.1) is 0 Å². The Hall–Kier alpha value is -3.52. The maximum absolute atomic E-state index is 12.8. The van der Waals surface area contributed by atoms with Crippen molar-refractivity contribution in [1.29, 1.82) is 0 Å². The van der Waals surface area contributed by atoms with Gasteiger partial charge in [0.15, 0.2) is 5.75 Å². The van der Waals surface area contributed by atoms with E-state index < -0.39 is 10.0 Å². The average molecular weight is 412 g/mol. The van der Waals surface area contributed by atoms with Crippen LogP contribution in [-0.2, 0) is 14.8 Å². The lowest BCUT2D eigenvalue weighted by atomic mass is 10.3. The Labute approximate surface area is 169 Å². The Morgan fingerprint density at radius 2 is 1.48 bits per heavy atom. The highest BCUT2D eigenvalue weighted by molar-refractivity contribution is 7.92. The normalized spacial score (nSPS) is 10.8. The Bertz CT molecular complexity index is 1090. The fourth-order valence-corrected chi connectivity index (χ4v) is 3.61. The van der Waals surface area contributed by atoms with Crippen molar-refractivity contribution in [3.05, 3.63) is 72.8 Å². The average Bonchev–Trinajstić information content (AvgIpc) is 2.70. The van der Waals surface area contributed by atoms with Gasteiger partial charge in [-0.15, -0.1) is 0 Å². The van der Waals surface area contributed by atoms with E-state index in [0.717, 1.165) is 0 Å². The number of carbonyl (C=O) groups excluding carboxylic acids is 1. The van der Waals surface area contributed by atoms with Crippen LogP contribution >= 0.6 is 0 Å². The minimum absolute atomic E-state index is 0.0610. The molecular formula is C21H20N2O5S. The smallest absolute Gasteiger partial charge is 0.262 e. The van der Waals surface area contributed by atoms with Gasteiger partial charge in [0.25, 0.3) is 10.0 Å². The first-order chi connectivity index (χ1) is 13.9. The minimum Gasteiger partial charge on any atom is -0.497 e. The molecule has 8 heteroatoms. The van der Waals surface area contributed by atoms with Crippen molar-refractivity contribution < 1.29 is 22.7 Å². The van der Waals surface area contributed by atoms with E-state index >= 15 is 0 Å². The number of carbonyl (C=O) groups is 1. The van der Waals surface area contributed by atoms with Crippen molar-refractivity contribution in [2.75, 3.05) is 17.1 Å². The van der Waals surface area contributed by atoms with Crippen molar-refractivity contribution in [2.45, 2.75) is 11.8 Å². The predicted molar refractivity (Wildman–Crippen MR) is 111 cm³/mol. The lowest BCUT2D eigenvalue weighted by molar-refractivity contribution is -0.114. The second kappa shape index (κ2) is 8.66. The zero-order valence-corrected chi connectivity index (χ0v) is 16.7. The molecule has 29 heavy (non-hydrogen) atoms. The molecule has 0 bridgehead atoms. The summed E-state index contributed by atoms with van der Waals surface area (Å²) >= 11 is 0. The number of sulfonamides is 1. The number of anilines is 2. The molecule has 3 aromatic rings. The fraction of sp³-hybridized carbons (Fsp3) is 0.0952. The van der Waals surface area contributed by atoms with E-state index in [2.05, 4.69) is 10.0 Å². The number of rotatable bonds is 7. The van der Waals surface area contributed by atoms with E-state index in [0.29, 0.717) is 28.6 Å².